The molecule has 0 spiro atoms. The Morgan fingerprint density at radius 2 is 1.50 bits per heavy atom. The van der Waals surface area contributed by atoms with Gasteiger partial charge in [0.15, 0.2) is 0 Å². The molecule has 3 rings (SSSR count). The Bertz CT molecular complexity index is 846. The summed E-state index contributed by atoms with van der Waals surface area (Å²) in [4.78, 5) is 5.59. The molecule has 30 heavy (non-hydrogen) atoms. The standard InChI is InChI=1S/C20H18F7NO2/c1-2-30-28-7-8-29-12-18(28,13-3-5-17(21)6-4-13)14-9-15(19(22,23)24)11-16(10-14)20(25,26)27/h3-6,9-11H,2,7-8,12H2,1H3. The minimum atomic E-state index is -5.01. The fourth-order valence-electron chi connectivity index (χ4n) is 3.50. The van der Waals surface area contributed by atoms with Gasteiger partial charge in [-0.05, 0) is 48.4 Å². The monoisotopic (exact) mass is 437 g/mol. The predicted octanol–water partition coefficient (Wildman–Crippen LogP) is 5.39. The first-order chi connectivity index (χ1) is 14.0. The molecule has 10 heteroatoms. The van der Waals surface area contributed by atoms with Gasteiger partial charge < -0.3 is 4.74 Å². The third-order valence-corrected chi connectivity index (χ3v) is 4.85. The molecule has 1 saturated heterocycles. The van der Waals surface area contributed by atoms with Crippen molar-refractivity contribution in [1.82, 2.24) is 5.06 Å². The first-order valence-corrected chi connectivity index (χ1v) is 9.03. The van der Waals surface area contributed by atoms with Crippen LogP contribution in [0.3, 0.4) is 0 Å². The van der Waals surface area contributed by atoms with E-state index in [0.29, 0.717) is 12.1 Å². The van der Waals surface area contributed by atoms with Crippen LogP contribution in [0.1, 0.15) is 29.2 Å². The normalized spacial score (nSPS) is 21.1. The van der Waals surface area contributed by atoms with Crippen molar-refractivity contribution in [2.75, 3.05) is 26.4 Å². The first-order valence-electron chi connectivity index (χ1n) is 9.03. The molecule has 0 N–H and O–H groups in total. The van der Waals surface area contributed by atoms with E-state index >= 15 is 0 Å². The minimum Gasteiger partial charge on any atom is -0.377 e. The molecular weight excluding hydrogens is 419 g/mol. The number of alkyl halides is 6. The summed E-state index contributed by atoms with van der Waals surface area (Å²) in [6.45, 7) is 1.72. The number of benzene rings is 2. The molecule has 1 unspecified atom stereocenters. The highest BCUT2D eigenvalue weighted by Crippen LogP contribution is 2.44. The smallest absolute Gasteiger partial charge is 0.377 e. The highest BCUT2D eigenvalue weighted by Gasteiger charge is 2.47. The van der Waals surface area contributed by atoms with E-state index in [-0.39, 0.29) is 43.6 Å². The van der Waals surface area contributed by atoms with E-state index in [1.165, 1.54) is 17.2 Å². The molecule has 0 amide bonds. The van der Waals surface area contributed by atoms with E-state index in [2.05, 4.69) is 0 Å². The number of ether oxygens (including phenoxy) is 1. The van der Waals surface area contributed by atoms with Crippen molar-refractivity contribution in [3.63, 3.8) is 0 Å². The van der Waals surface area contributed by atoms with Crippen molar-refractivity contribution in [3.05, 3.63) is 70.5 Å². The zero-order chi connectivity index (χ0) is 22.2. The number of hydrogen-bond donors (Lipinski definition) is 0. The lowest BCUT2D eigenvalue weighted by molar-refractivity contribution is -0.254. The third-order valence-electron chi connectivity index (χ3n) is 4.85. The van der Waals surface area contributed by atoms with Gasteiger partial charge in [-0.25, -0.2) is 4.39 Å². The number of hydroxylamine groups is 2. The summed E-state index contributed by atoms with van der Waals surface area (Å²) < 4.78 is 99.6. The van der Waals surface area contributed by atoms with Crippen LogP contribution in [0.25, 0.3) is 0 Å². The minimum absolute atomic E-state index is 0.0660. The number of hydrogen-bond acceptors (Lipinski definition) is 3. The van der Waals surface area contributed by atoms with Crippen LogP contribution in [0.15, 0.2) is 42.5 Å². The van der Waals surface area contributed by atoms with Gasteiger partial charge in [0.25, 0.3) is 0 Å². The molecule has 0 aromatic heterocycles. The predicted molar refractivity (Wildman–Crippen MR) is 92.8 cm³/mol. The molecule has 164 valence electrons. The Kier molecular flexibility index (Phi) is 6.13. The zero-order valence-corrected chi connectivity index (χ0v) is 15.8. The molecule has 0 radical (unpaired) electrons. The van der Waals surface area contributed by atoms with Crippen LogP contribution in [0.4, 0.5) is 30.7 Å². The molecule has 2 aromatic rings. The van der Waals surface area contributed by atoms with E-state index in [9.17, 15) is 30.7 Å². The maximum Gasteiger partial charge on any atom is 0.416 e. The van der Waals surface area contributed by atoms with Crippen LogP contribution in [0.2, 0.25) is 0 Å². The van der Waals surface area contributed by atoms with Gasteiger partial charge in [0.1, 0.15) is 11.4 Å². The van der Waals surface area contributed by atoms with Crippen LogP contribution in [0, 0.1) is 5.82 Å². The van der Waals surface area contributed by atoms with Crippen LogP contribution in [-0.4, -0.2) is 31.4 Å². The van der Waals surface area contributed by atoms with Crippen molar-refractivity contribution in [3.8, 4) is 0 Å². The van der Waals surface area contributed by atoms with Crippen molar-refractivity contribution in [2.24, 2.45) is 0 Å². The van der Waals surface area contributed by atoms with Gasteiger partial charge in [-0.15, -0.1) is 0 Å². The highest BCUT2D eigenvalue weighted by atomic mass is 19.4. The average molecular weight is 437 g/mol. The maximum atomic E-state index is 13.5. The molecule has 1 heterocycles. The number of halogens is 7. The molecule has 1 atom stereocenters. The second-order valence-electron chi connectivity index (χ2n) is 6.73. The lowest BCUT2D eigenvalue weighted by atomic mass is 9.80. The quantitative estimate of drug-likeness (QED) is 0.599. The summed E-state index contributed by atoms with van der Waals surface area (Å²) in [5, 5.41) is 1.30. The van der Waals surface area contributed by atoms with Crippen LogP contribution < -0.4 is 0 Å². The zero-order valence-electron chi connectivity index (χ0n) is 15.8. The van der Waals surface area contributed by atoms with E-state index in [1.54, 1.807) is 6.92 Å². The van der Waals surface area contributed by atoms with Gasteiger partial charge in [-0.3, -0.25) is 4.84 Å². The van der Waals surface area contributed by atoms with Crippen molar-refractivity contribution < 1.29 is 40.3 Å². The Balaban J connectivity index is 2.32. The van der Waals surface area contributed by atoms with Gasteiger partial charge in [0.2, 0.25) is 0 Å². The third kappa shape index (κ3) is 4.30. The lowest BCUT2D eigenvalue weighted by Crippen LogP contribution is -2.55. The molecule has 0 aliphatic carbocycles. The topological polar surface area (TPSA) is 21.7 Å². The fraction of sp³-hybridized carbons (Fsp3) is 0.400. The number of morpholine rings is 1. The fourth-order valence-corrected chi connectivity index (χ4v) is 3.50. The highest BCUT2D eigenvalue weighted by molar-refractivity contribution is 5.44. The summed E-state index contributed by atoms with van der Waals surface area (Å²) in [6, 6.07) is 6.12. The van der Waals surface area contributed by atoms with Gasteiger partial charge in [0.05, 0.1) is 30.9 Å². The average Bonchev–Trinajstić information content (AvgIpc) is 2.68. The number of nitrogens with zero attached hydrogens (tertiary/aromatic N) is 1. The second kappa shape index (κ2) is 8.16. The summed E-state index contributed by atoms with van der Waals surface area (Å²) in [7, 11) is 0. The largest absolute Gasteiger partial charge is 0.416 e. The summed E-state index contributed by atoms with van der Waals surface area (Å²) in [6.07, 6.45) is -10.0. The SMILES string of the molecule is CCON1CCOCC1(c1ccc(F)cc1)c1cc(C(F)(F)F)cc(C(F)(F)F)c1. The molecule has 0 saturated carbocycles. The van der Waals surface area contributed by atoms with E-state index in [1.807, 2.05) is 0 Å². The summed E-state index contributed by atoms with van der Waals surface area (Å²) >= 11 is 0. The van der Waals surface area contributed by atoms with Gasteiger partial charge in [-0.1, -0.05) is 12.1 Å². The van der Waals surface area contributed by atoms with Crippen LogP contribution in [0.5, 0.6) is 0 Å². The summed E-state index contributed by atoms with van der Waals surface area (Å²) in [5.41, 5.74) is -4.61. The Hall–Kier alpha value is -2.17. The molecule has 1 aliphatic heterocycles. The van der Waals surface area contributed by atoms with Crippen molar-refractivity contribution in [2.45, 2.75) is 24.8 Å². The molecule has 0 bridgehead atoms. The van der Waals surface area contributed by atoms with Gasteiger partial charge >= 0.3 is 12.4 Å². The Labute approximate surface area is 168 Å². The lowest BCUT2D eigenvalue weighted by Gasteiger charge is -2.46. The van der Waals surface area contributed by atoms with Gasteiger partial charge in [-0.2, -0.15) is 31.4 Å². The molecular formula is C20H18F7NO2. The summed E-state index contributed by atoms with van der Waals surface area (Å²) in [5.74, 6) is -0.603. The maximum absolute atomic E-state index is 13.5. The number of rotatable bonds is 4. The molecule has 1 aliphatic rings. The van der Waals surface area contributed by atoms with E-state index in [4.69, 9.17) is 9.57 Å². The van der Waals surface area contributed by atoms with Crippen molar-refractivity contribution >= 4 is 0 Å². The molecule has 2 aromatic carbocycles. The van der Waals surface area contributed by atoms with Gasteiger partial charge in [0, 0.05) is 6.54 Å². The Morgan fingerprint density at radius 3 is 2.00 bits per heavy atom. The first kappa shape index (κ1) is 22.5. The second-order valence-corrected chi connectivity index (χ2v) is 6.73. The van der Waals surface area contributed by atoms with Crippen molar-refractivity contribution in [1.29, 1.82) is 0 Å². The van der Waals surface area contributed by atoms with Crippen LogP contribution >= 0.6 is 0 Å². The Morgan fingerprint density at radius 1 is 0.933 bits per heavy atom. The van der Waals surface area contributed by atoms with Crippen LogP contribution in [-0.2, 0) is 27.5 Å². The molecule has 3 nitrogen and oxygen atoms in total. The van der Waals surface area contributed by atoms with E-state index < -0.39 is 34.8 Å². The van der Waals surface area contributed by atoms with E-state index in [0.717, 1.165) is 12.1 Å². The molecule has 1 fully saturated rings.